The van der Waals surface area contributed by atoms with E-state index >= 15 is 0 Å². The third-order valence-corrected chi connectivity index (χ3v) is 8.26. The first kappa shape index (κ1) is 22.8. The summed E-state index contributed by atoms with van der Waals surface area (Å²) in [5.41, 5.74) is -0.441. The molecule has 1 atom stereocenters. The highest BCUT2D eigenvalue weighted by molar-refractivity contribution is 7.88. The fraction of sp³-hybridized carbons (Fsp3) is 0.650. The lowest BCUT2D eigenvalue weighted by atomic mass is 9.79. The van der Waals surface area contributed by atoms with Crippen molar-refractivity contribution in [2.75, 3.05) is 25.9 Å². The van der Waals surface area contributed by atoms with Crippen LogP contribution in [0.3, 0.4) is 0 Å². The molecule has 1 unspecified atom stereocenters. The van der Waals surface area contributed by atoms with E-state index in [2.05, 4.69) is 4.90 Å². The Balaban J connectivity index is 1.62. The second-order valence-electron chi connectivity index (χ2n) is 8.41. The molecule has 0 spiro atoms. The van der Waals surface area contributed by atoms with Crippen molar-refractivity contribution in [2.24, 2.45) is 0 Å². The molecule has 1 saturated heterocycles. The van der Waals surface area contributed by atoms with Crippen LogP contribution in [-0.4, -0.2) is 66.7 Å². The summed E-state index contributed by atoms with van der Waals surface area (Å²) >= 11 is 12.1. The third kappa shape index (κ3) is 5.25. The minimum atomic E-state index is -3.20. The number of piperidine rings is 1. The van der Waals surface area contributed by atoms with Crippen LogP contribution in [0.25, 0.3) is 0 Å². The van der Waals surface area contributed by atoms with Crippen LogP contribution in [0.1, 0.15) is 44.6 Å². The molecule has 2 aliphatic rings. The number of benzene rings is 1. The van der Waals surface area contributed by atoms with Crippen LogP contribution in [0.15, 0.2) is 18.2 Å². The molecule has 1 saturated carbocycles. The number of nitrogens with zero attached hydrogens (tertiary/aromatic N) is 2. The van der Waals surface area contributed by atoms with E-state index in [0.29, 0.717) is 28.6 Å². The van der Waals surface area contributed by atoms with E-state index in [-0.39, 0.29) is 12.1 Å². The lowest BCUT2D eigenvalue weighted by Crippen LogP contribution is -2.48. The van der Waals surface area contributed by atoms with Gasteiger partial charge in [-0.1, -0.05) is 29.3 Å². The van der Waals surface area contributed by atoms with E-state index in [1.165, 1.54) is 6.26 Å². The maximum Gasteiger partial charge on any atom is 0.313 e. The highest BCUT2D eigenvalue weighted by atomic mass is 35.5. The summed E-state index contributed by atoms with van der Waals surface area (Å²) < 4.78 is 26.0. The predicted octanol–water partition coefficient (Wildman–Crippen LogP) is 3.61. The first-order valence-electron chi connectivity index (χ1n) is 9.92. The molecule has 1 aromatic rings. The van der Waals surface area contributed by atoms with Crippen LogP contribution in [-0.2, 0) is 20.2 Å². The molecule has 0 amide bonds. The molecule has 1 aliphatic heterocycles. The highest BCUT2D eigenvalue weighted by Gasteiger charge is 2.41. The fourth-order valence-corrected chi connectivity index (χ4v) is 5.96. The molecular formula is C20H28Cl2N2O4S. The van der Waals surface area contributed by atoms with Crippen LogP contribution in [0, 0.1) is 0 Å². The second-order valence-corrected chi connectivity index (χ2v) is 11.1. The van der Waals surface area contributed by atoms with Gasteiger partial charge in [0.25, 0.3) is 0 Å². The van der Waals surface area contributed by atoms with Crippen molar-refractivity contribution in [1.29, 1.82) is 0 Å². The molecule has 29 heavy (non-hydrogen) atoms. The summed E-state index contributed by atoms with van der Waals surface area (Å²) in [6, 6.07) is 5.20. The molecule has 1 aliphatic carbocycles. The molecule has 0 aromatic heterocycles. The molecule has 1 heterocycles. The van der Waals surface area contributed by atoms with Crippen molar-refractivity contribution >= 4 is 39.2 Å². The monoisotopic (exact) mass is 462 g/mol. The van der Waals surface area contributed by atoms with Gasteiger partial charge < -0.3 is 10.0 Å². The van der Waals surface area contributed by atoms with Gasteiger partial charge in [-0.2, -0.15) is 4.31 Å². The van der Waals surface area contributed by atoms with Gasteiger partial charge in [0, 0.05) is 12.1 Å². The molecule has 3 rings (SSSR count). The third-order valence-electron chi connectivity index (χ3n) is 6.16. The molecule has 1 aromatic carbocycles. The van der Waals surface area contributed by atoms with E-state index < -0.39 is 21.4 Å². The van der Waals surface area contributed by atoms with E-state index in [1.54, 1.807) is 29.4 Å². The van der Waals surface area contributed by atoms with Gasteiger partial charge in [0.1, 0.15) is 0 Å². The van der Waals surface area contributed by atoms with Gasteiger partial charge in [-0.15, -0.1) is 0 Å². The minimum absolute atomic E-state index is 0.0506. The van der Waals surface area contributed by atoms with Crippen molar-refractivity contribution in [3.8, 4) is 0 Å². The minimum Gasteiger partial charge on any atom is -0.481 e. The van der Waals surface area contributed by atoms with Crippen LogP contribution >= 0.6 is 23.2 Å². The van der Waals surface area contributed by atoms with E-state index in [9.17, 15) is 18.3 Å². The maximum atomic E-state index is 12.2. The second kappa shape index (κ2) is 8.71. The highest BCUT2D eigenvalue weighted by Crippen LogP contribution is 2.35. The number of aliphatic carboxylic acids is 1. The standard InChI is InChI=1S/C20H28Cl2N2O4S/c1-20(19(25)26,14-3-6-17(21)18(22)13-14)9-12-23-10-7-16(8-11-23)24(15-4-5-15)29(2,27)28/h3,6,13,15-16H,4-5,7-12H2,1-2H3,(H,25,26). The van der Waals surface area contributed by atoms with Gasteiger partial charge in [-0.05, 0) is 76.4 Å². The van der Waals surface area contributed by atoms with Crippen molar-refractivity contribution in [1.82, 2.24) is 9.21 Å². The number of carbonyl (C=O) groups is 1. The summed E-state index contributed by atoms with van der Waals surface area (Å²) in [5.74, 6) is -0.900. The largest absolute Gasteiger partial charge is 0.481 e. The summed E-state index contributed by atoms with van der Waals surface area (Å²) in [6.07, 6.45) is 5.19. The van der Waals surface area contributed by atoms with Gasteiger partial charge in [0.15, 0.2) is 0 Å². The number of rotatable bonds is 8. The van der Waals surface area contributed by atoms with Gasteiger partial charge in [0.2, 0.25) is 10.0 Å². The summed E-state index contributed by atoms with van der Waals surface area (Å²) in [5, 5.41) is 10.6. The number of hydrogen-bond acceptors (Lipinski definition) is 4. The molecule has 0 bridgehead atoms. The van der Waals surface area contributed by atoms with Gasteiger partial charge in [0.05, 0.1) is 21.7 Å². The lowest BCUT2D eigenvalue weighted by Gasteiger charge is -2.38. The van der Waals surface area contributed by atoms with Crippen molar-refractivity contribution in [2.45, 2.75) is 56.5 Å². The molecule has 6 nitrogen and oxygen atoms in total. The number of carboxylic acid groups (broad SMARTS) is 1. The number of hydrogen-bond donors (Lipinski definition) is 1. The molecule has 9 heteroatoms. The first-order valence-corrected chi connectivity index (χ1v) is 12.5. The number of carboxylic acids is 1. The average Bonchev–Trinajstić information content (AvgIpc) is 3.46. The zero-order chi connectivity index (χ0) is 21.4. The Labute approximate surface area is 182 Å². The predicted molar refractivity (Wildman–Crippen MR) is 115 cm³/mol. The zero-order valence-electron chi connectivity index (χ0n) is 16.8. The fourth-order valence-electron chi connectivity index (χ4n) is 4.16. The van der Waals surface area contributed by atoms with Crippen LogP contribution in [0.4, 0.5) is 0 Å². The van der Waals surface area contributed by atoms with Crippen molar-refractivity contribution in [3.05, 3.63) is 33.8 Å². The first-order chi connectivity index (χ1) is 13.5. The Hall–Kier alpha value is -0.860. The molecule has 162 valence electrons. The Morgan fingerprint density at radius 2 is 1.76 bits per heavy atom. The van der Waals surface area contributed by atoms with Gasteiger partial charge in [-0.3, -0.25) is 4.79 Å². The zero-order valence-corrected chi connectivity index (χ0v) is 19.1. The molecular weight excluding hydrogens is 435 g/mol. The normalized spacial score (nSPS) is 21.3. The van der Waals surface area contributed by atoms with E-state index in [1.807, 2.05) is 0 Å². The Bertz CT molecular complexity index is 867. The number of likely N-dealkylation sites (tertiary alicyclic amines) is 1. The summed E-state index contributed by atoms with van der Waals surface area (Å²) in [6.45, 7) is 3.86. The Morgan fingerprint density at radius 3 is 2.24 bits per heavy atom. The summed E-state index contributed by atoms with van der Waals surface area (Å²) in [7, 11) is -3.20. The SMILES string of the molecule is CC(CCN1CCC(N(C2CC2)S(C)(=O)=O)CC1)(C(=O)O)c1ccc(Cl)c(Cl)c1. The molecule has 0 radical (unpaired) electrons. The van der Waals surface area contributed by atoms with E-state index in [0.717, 1.165) is 38.8 Å². The smallest absolute Gasteiger partial charge is 0.313 e. The van der Waals surface area contributed by atoms with Gasteiger partial charge >= 0.3 is 5.97 Å². The van der Waals surface area contributed by atoms with Crippen molar-refractivity contribution in [3.63, 3.8) is 0 Å². The molecule has 1 N–H and O–H groups in total. The van der Waals surface area contributed by atoms with Crippen LogP contribution < -0.4 is 0 Å². The Kier molecular flexibility index (Phi) is 6.85. The Morgan fingerprint density at radius 1 is 1.17 bits per heavy atom. The van der Waals surface area contributed by atoms with Crippen LogP contribution in [0.5, 0.6) is 0 Å². The van der Waals surface area contributed by atoms with Crippen molar-refractivity contribution < 1.29 is 18.3 Å². The van der Waals surface area contributed by atoms with Crippen LogP contribution in [0.2, 0.25) is 10.0 Å². The van der Waals surface area contributed by atoms with Gasteiger partial charge in [-0.25, -0.2) is 8.42 Å². The lowest BCUT2D eigenvalue weighted by molar-refractivity contribution is -0.143. The topological polar surface area (TPSA) is 77.9 Å². The maximum absolute atomic E-state index is 12.2. The average molecular weight is 463 g/mol. The number of sulfonamides is 1. The van der Waals surface area contributed by atoms with E-state index in [4.69, 9.17) is 23.2 Å². The molecule has 2 fully saturated rings. The quantitative estimate of drug-likeness (QED) is 0.637. The number of halogens is 2. The summed E-state index contributed by atoms with van der Waals surface area (Å²) in [4.78, 5) is 14.3.